The summed E-state index contributed by atoms with van der Waals surface area (Å²) in [5.74, 6) is -0.160. The molecular formula is C12H13N3O2. The molecule has 5 nitrogen and oxygen atoms in total. The number of carbonyl (C=O) groups is 1. The second-order valence-corrected chi connectivity index (χ2v) is 3.77. The van der Waals surface area contributed by atoms with E-state index in [1.807, 2.05) is 13.0 Å². The molecule has 2 aromatic rings. The number of aromatic hydroxyl groups is 1. The van der Waals surface area contributed by atoms with Crippen LogP contribution in [-0.2, 0) is 11.3 Å². The van der Waals surface area contributed by atoms with Crippen molar-refractivity contribution in [2.24, 2.45) is 0 Å². The summed E-state index contributed by atoms with van der Waals surface area (Å²) in [7, 11) is 0. The van der Waals surface area contributed by atoms with Crippen molar-refractivity contribution in [1.29, 1.82) is 0 Å². The van der Waals surface area contributed by atoms with Gasteiger partial charge in [-0.05, 0) is 30.7 Å². The van der Waals surface area contributed by atoms with Crippen molar-refractivity contribution in [3.63, 3.8) is 0 Å². The lowest BCUT2D eigenvalue weighted by atomic mass is 10.2. The molecule has 0 aliphatic heterocycles. The second kappa shape index (κ2) is 4.69. The molecule has 0 bridgehead atoms. The maximum Gasteiger partial charge on any atom is 0.246 e. The van der Waals surface area contributed by atoms with Gasteiger partial charge in [0.05, 0.1) is 5.69 Å². The van der Waals surface area contributed by atoms with E-state index in [0.717, 1.165) is 5.56 Å². The van der Waals surface area contributed by atoms with Crippen molar-refractivity contribution < 1.29 is 9.90 Å². The molecule has 0 fully saturated rings. The van der Waals surface area contributed by atoms with Crippen LogP contribution in [0.2, 0.25) is 0 Å². The largest absolute Gasteiger partial charge is 0.506 e. The lowest BCUT2D eigenvalue weighted by molar-refractivity contribution is -0.116. The van der Waals surface area contributed by atoms with Crippen molar-refractivity contribution in [3.8, 4) is 5.75 Å². The van der Waals surface area contributed by atoms with E-state index in [9.17, 15) is 9.90 Å². The SMILES string of the molecule is Cc1ccc(NC(=O)Cn2cccn2)c(O)c1. The van der Waals surface area contributed by atoms with Crippen LogP contribution >= 0.6 is 0 Å². The molecule has 1 amide bonds. The Kier molecular flexibility index (Phi) is 3.09. The molecule has 0 aliphatic rings. The van der Waals surface area contributed by atoms with Crippen molar-refractivity contribution >= 4 is 11.6 Å². The number of carbonyl (C=O) groups excluding carboxylic acids is 1. The summed E-state index contributed by atoms with van der Waals surface area (Å²) >= 11 is 0. The van der Waals surface area contributed by atoms with E-state index in [1.165, 1.54) is 4.68 Å². The molecule has 0 atom stereocenters. The summed E-state index contributed by atoms with van der Waals surface area (Å²) in [6, 6.07) is 6.84. The van der Waals surface area contributed by atoms with Crippen LogP contribution in [0.5, 0.6) is 5.75 Å². The minimum Gasteiger partial charge on any atom is -0.506 e. The van der Waals surface area contributed by atoms with Gasteiger partial charge in [0.2, 0.25) is 5.91 Å². The predicted molar refractivity (Wildman–Crippen MR) is 63.7 cm³/mol. The van der Waals surface area contributed by atoms with E-state index >= 15 is 0 Å². The summed E-state index contributed by atoms with van der Waals surface area (Å²) in [5.41, 5.74) is 1.35. The Bertz CT molecular complexity index is 521. The molecule has 17 heavy (non-hydrogen) atoms. The number of amides is 1. The Morgan fingerprint density at radius 3 is 3.00 bits per heavy atom. The number of anilines is 1. The average Bonchev–Trinajstić information content (AvgIpc) is 2.75. The van der Waals surface area contributed by atoms with Crippen LogP contribution in [0, 0.1) is 6.92 Å². The number of aromatic nitrogens is 2. The predicted octanol–water partition coefficient (Wildman–Crippen LogP) is 1.54. The normalized spacial score (nSPS) is 10.2. The van der Waals surface area contributed by atoms with Crippen molar-refractivity contribution in [1.82, 2.24) is 9.78 Å². The van der Waals surface area contributed by atoms with Crippen LogP contribution in [0.15, 0.2) is 36.7 Å². The minimum atomic E-state index is -0.229. The van der Waals surface area contributed by atoms with Gasteiger partial charge in [-0.2, -0.15) is 5.10 Å². The Morgan fingerprint density at radius 2 is 2.35 bits per heavy atom. The van der Waals surface area contributed by atoms with Crippen molar-refractivity contribution in [2.75, 3.05) is 5.32 Å². The number of benzene rings is 1. The van der Waals surface area contributed by atoms with Crippen LogP contribution in [-0.4, -0.2) is 20.8 Å². The van der Waals surface area contributed by atoms with Gasteiger partial charge in [-0.1, -0.05) is 6.07 Å². The molecule has 2 rings (SSSR count). The number of phenolic OH excluding ortho intramolecular Hbond substituents is 1. The Morgan fingerprint density at radius 1 is 1.53 bits per heavy atom. The highest BCUT2D eigenvalue weighted by Crippen LogP contribution is 2.23. The van der Waals surface area contributed by atoms with Gasteiger partial charge in [-0.3, -0.25) is 9.48 Å². The summed E-state index contributed by atoms with van der Waals surface area (Å²) in [6.07, 6.45) is 3.31. The molecule has 1 heterocycles. The van der Waals surface area contributed by atoms with Crippen LogP contribution in [0.1, 0.15) is 5.56 Å². The van der Waals surface area contributed by atoms with Gasteiger partial charge in [-0.15, -0.1) is 0 Å². The third-order valence-corrected chi connectivity index (χ3v) is 2.29. The molecule has 5 heteroatoms. The first-order chi connectivity index (χ1) is 8.15. The van der Waals surface area contributed by atoms with E-state index in [0.29, 0.717) is 5.69 Å². The minimum absolute atomic E-state index is 0.0683. The summed E-state index contributed by atoms with van der Waals surface area (Å²) in [6.45, 7) is 2.00. The van der Waals surface area contributed by atoms with Crippen molar-refractivity contribution in [2.45, 2.75) is 13.5 Å². The Hall–Kier alpha value is -2.30. The van der Waals surface area contributed by atoms with Gasteiger partial charge in [0, 0.05) is 12.4 Å². The highest BCUT2D eigenvalue weighted by molar-refractivity contribution is 5.92. The standard InChI is InChI=1S/C12H13N3O2/c1-9-3-4-10(11(16)7-9)14-12(17)8-15-6-2-5-13-15/h2-7,16H,8H2,1H3,(H,14,17). The number of nitrogens with one attached hydrogen (secondary N) is 1. The third kappa shape index (κ3) is 2.84. The van der Waals surface area contributed by atoms with Gasteiger partial charge < -0.3 is 10.4 Å². The van der Waals surface area contributed by atoms with E-state index in [-0.39, 0.29) is 18.2 Å². The maximum absolute atomic E-state index is 11.6. The van der Waals surface area contributed by atoms with Gasteiger partial charge in [-0.25, -0.2) is 0 Å². The van der Waals surface area contributed by atoms with Crippen molar-refractivity contribution in [3.05, 3.63) is 42.2 Å². The first kappa shape index (κ1) is 11.2. The highest BCUT2D eigenvalue weighted by atomic mass is 16.3. The first-order valence-electron chi connectivity index (χ1n) is 5.22. The molecule has 2 N–H and O–H groups in total. The molecule has 0 unspecified atom stereocenters. The monoisotopic (exact) mass is 231 g/mol. The molecule has 0 aliphatic carbocycles. The molecular weight excluding hydrogens is 218 g/mol. The fourth-order valence-corrected chi connectivity index (χ4v) is 1.48. The van der Waals surface area contributed by atoms with Gasteiger partial charge >= 0.3 is 0 Å². The number of nitrogens with zero attached hydrogens (tertiary/aromatic N) is 2. The number of aryl methyl sites for hydroxylation is 1. The Labute approximate surface area is 98.7 Å². The molecule has 0 saturated carbocycles. The summed E-state index contributed by atoms with van der Waals surface area (Å²) < 4.78 is 1.51. The second-order valence-electron chi connectivity index (χ2n) is 3.77. The lowest BCUT2D eigenvalue weighted by Crippen LogP contribution is -2.19. The number of hydrogen-bond acceptors (Lipinski definition) is 3. The molecule has 1 aromatic carbocycles. The first-order valence-corrected chi connectivity index (χ1v) is 5.22. The molecule has 1 aromatic heterocycles. The maximum atomic E-state index is 11.6. The van der Waals surface area contributed by atoms with E-state index in [2.05, 4.69) is 10.4 Å². The number of hydrogen-bond donors (Lipinski definition) is 2. The highest BCUT2D eigenvalue weighted by Gasteiger charge is 2.07. The van der Waals surface area contributed by atoms with Gasteiger partial charge in [0.1, 0.15) is 12.3 Å². The fourth-order valence-electron chi connectivity index (χ4n) is 1.48. The Balaban J connectivity index is 2.03. The third-order valence-electron chi connectivity index (χ3n) is 2.29. The smallest absolute Gasteiger partial charge is 0.246 e. The molecule has 0 spiro atoms. The zero-order valence-corrected chi connectivity index (χ0v) is 9.42. The fraction of sp³-hybridized carbons (Fsp3) is 0.167. The lowest BCUT2D eigenvalue weighted by Gasteiger charge is -2.07. The number of phenols is 1. The van der Waals surface area contributed by atoms with Gasteiger partial charge in [0.25, 0.3) is 0 Å². The van der Waals surface area contributed by atoms with E-state index < -0.39 is 0 Å². The zero-order chi connectivity index (χ0) is 12.3. The van der Waals surface area contributed by atoms with E-state index in [1.54, 1.807) is 30.6 Å². The molecule has 0 radical (unpaired) electrons. The van der Waals surface area contributed by atoms with E-state index in [4.69, 9.17) is 0 Å². The van der Waals surface area contributed by atoms with Crippen LogP contribution in [0.3, 0.4) is 0 Å². The van der Waals surface area contributed by atoms with Crippen LogP contribution in [0.4, 0.5) is 5.69 Å². The van der Waals surface area contributed by atoms with Gasteiger partial charge in [0.15, 0.2) is 0 Å². The molecule has 88 valence electrons. The summed E-state index contributed by atoms with van der Waals surface area (Å²) in [5, 5.41) is 16.2. The zero-order valence-electron chi connectivity index (χ0n) is 9.42. The average molecular weight is 231 g/mol. The number of rotatable bonds is 3. The van der Waals surface area contributed by atoms with Crippen LogP contribution in [0.25, 0.3) is 0 Å². The molecule has 0 saturated heterocycles. The topological polar surface area (TPSA) is 67.2 Å². The van der Waals surface area contributed by atoms with Crippen LogP contribution < -0.4 is 5.32 Å². The quantitative estimate of drug-likeness (QED) is 0.787. The summed E-state index contributed by atoms with van der Waals surface area (Å²) in [4.78, 5) is 11.6.